The zero-order chi connectivity index (χ0) is 8.97. The Bertz CT molecular complexity index is 275. The van der Waals surface area contributed by atoms with Crippen molar-refractivity contribution in [2.75, 3.05) is 7.11 Å². The van der Waals surface area contributed by atoms with E-state index < -0.39 is 5.29 Å². The smallest absolute Gasteiger partial charge is 0.189 e. The van der Waals surface area contributed by atoms with Gasteiger partial charge in [-0.25, -0.2) is 0 Å². The lowest BCUT2D eigenvalue weighted by Gasteiger charge is -1.98. The Labute approximate surface area is 75.4 Å². The molecule has 0 aliphatic rings. The molecule has 0 spiro atoms. The molecule has 0 atom stereocenters. The SMILES string of the molecule is COc1ccc(C=C(F)Cl)cc1. The molecule has 12 heavy (non-hydrogen) atoms. The molecule has 64 valence electrons. The van der Waals surface area contributed by atoms with E-state index in [9.17, 15) is 4.39 Å². The summed E-state index contributed by atoms with van der Waals surface area (Å²) in [6.45, 7) is 0. The van der Waals surface area contributed by atoms with E-state index in [0.717, 1.165) is 5.75 Å². The van der Waals surface area contributed by atoms with Crippen molar-refractivity contribution in [1.82, 2.24) is 0 Å². The molecule has 0 N–H and O–H groups in total. The van der Waals surface area contributed by atoms with Gasteiger partial charge in [0.25, 0.3) is 0 Å². The summed E-state index contributed by atoms with van der Waals surface area (Å²) >= 11 is 5.05. The van der Waals surface area contributed by atoms with E-state index in [1.54, 1.807) is 31.4 Å². The van der Waals surface area contributed by atoms with Crippen LogP contribution in [-0.4, -0.2) is 7.11 Å². The van der Waals surface area contributed by atoms with Crippen LogP contribution in [0.15, 0.2) is 29.6 Å². The molecule has 0 fully saturated rings. The van der Waals surface area contributed by atoms with Gasteiger partial charge >= 0.3 is 0 Å². The summed E-state index contributed by atoms with van der Waals surface area (Å²) < 4.78 is 17.1. The first kappa shape index (κ1) is 9.07. The minimum Gasteiger partial charge on any atom is -0.497 e. The third kappa shape index (κ3) is 2.55. The molecule has 0 aromatic heterocycles. The van der Waals surface area contributed by atoms with E-state index in [0.29, 0.717) is 5.56 Å². The van der Waals surface area contributed by atoms with Crippen molar-refractivity contribution in [3.05, 3.63) is 35.1 Å². The van der Waals surface area contributed by atoms with E-state index in [1.165, 1.54) is 6.08 Å². The summed E-state index contributed by atoms with van der Waals surface area (Å²) in [5, 5.41) is -0.722. The van der Waals surface area contributed by atoms with Crippen LogP contribution < -0.4 is 4.74 Å². The summed E-state index contributed by atoms with van der Waals surface area (Å²) in [5.41, 5.74) is 0.711. The molecule has 1 rings (SSSR count). The second-order valence-electron chi connectivity index (χ2n) is 2.21. The van der Waals surface area contributed by atoms with E-state index in [4.69, 9.17) is 16.3 Å². The molecule has 0 aliphatic heterocycles. The predicted octanol–water partition coefficient (Wildman–Crippen LogP) is 3.20. The van der Waals surface area contributed by atoms with E-state index in [-0.39, 0.29) is 0 Å². The Morgan fingerprint density at radius 1 is 1.42 bits per heavy atom. The summed E-state index contributed by atoms with van der Waals surface area (Å²) in [4.78, 5) is 0. The third-order valence-electron chi connectivity index (χ3n) is 1.39. The van der Waals surface area contributed by atoms with Gasteiger partial charge in [-0.15, -0.1) is 0 Å². The normalized spacial score (nSPS) is 11.4. The van der Waals surface area contributed by atoms with Crippen molar-refractivity contribution in [3.63, 3.8) is 0 Å². The summed E-state index contributed by atoms with van der Waals surface area (Å²) in [6.07, 6.45) is 1.24. The van der Waals surface area contributed by atoms with Gasteiger partial charge in [0.05, 0.1) is 7.11 Å². The molecule has 0 radical (unpaired) electrons. The molecule has 0 aliphatic carbocycles. The quantitative estimate of drug-likeness (QED) is 0.689. The second-order valence-corrected chi connectivity index (χ2v) is 2.57. The average Bonchev–Trinajstić information content (AvgIpc) is 2.05. The molecular weight excluding hydrogens is 179 g/mol. The van der Waals surface area contributed by atoms with Crippen LogP contribution in [0.5, 0.6) is 5.75 Å². The molecular formula is C9H8ClFO. The van der Waals surface area contributed by atoms with Crippen molar-refractivity contribution >= 4 is 17.7 Å². The van der Waals surface area contributed by atoms with Crippen molar-refractivity contribution in [1.29, 1.82) is 0 Å². The van der Waals surface area contributed by atoms with Gasteiger partial charge in [-0.2, -0.15) is 4.39 Å². The largest absolute Gasteiger partial charge is 0.497 e. The van der Waals surface area contributed by atoms with Crippen LogP contribution in [-0.2, 0) is 0 Å². The predicted molar refractivity (Wildman–Crippen MR) is 47.9 cm³/mol. The molecule has 3 heteroatoms. The maximum Gasteiger partial charge on any atom is 0.189 e. The molecule has 0 saturated carbocycles. The molecule has 0 amide bonds. The lowest BCUT2D eigenvalue weighted by molar-refractivity contribution is 0.415. The first-order chi connectivity index (χ1) is 5.72. The van der Waals surface area contributed by atoms with Gasteiger partial charge in [-0.3, -0.25) is 0 Å². The maximum absolute atomic E-state index is 12.2. The van der Waals surface area contributed by atoms with Gasteiger partial charge in [-0.1, -0.05) is 23.7 Å². The Balaban J connectivity index is 2.85. The summed E-state index contributed by atoms with van der Waals surface area (Å²) in [6, 6.07) is 6.93. The Morgan fingerprint density at radius 3 is 2.42 bits per heavy atom. The topological polar surface area (TPSA) is 9.23 Å². The number of halogens is 2. The van der Waals surface area contributed by atoms with Gasteiger partial charge in [0.1, 0.15) is 5.75 Å². The fourth-order valence-corrected chi connectivity index (χ4v) is 0.952. The highest BCUT2D eigenvalue weighted by molar-refractivity contribution is 6.30. The molecule has 1 nitrogen and oxygen atoms in total. The highest BCUT2D eigenvalue weighted by atomic mass is 35.5. The molecule has 0 unspecified atom stereocenters. The molecule has 0 heterocycles. The Hall–Kier alpha value is -1.02. The molecule has 1 aromatic carbocycles. The number of benzene rings is 1. The minimum atomic E-state index is -0.722. The minimum absolute atomic E-state index is 0.711. The van der Waals surface area contributed by atoms with Crippen molar-refractivity contribution < 1.29 is 9.13 Å². The van der Waals surface area contributed by atoms with Crippen LogP contribution in [0.2, 0.25) is 0 Å². The zero-order valence-corrected chi connectivity index (χ0v) is 7.31. The first-order valence-electron chi connectivity index (χ1n) is 3.39. The van der Waals surface area contributed by atoms with Crippen molar-refractivity contribution in [2.24, 2.45) is 0 Å². The van der Waals surface area contributed by atoms with E-state index in [1.807, 2.05) is 0 Å². The average molecular weight is 187 g/mol. The van der Waals surface area contributed by atoms with Crippen LogP contribution >= 0.6 is 11.6 Å². The molecule has 0 saturated heterocycles. The Morgan fingerprint density at radius 2 is 2.00 bits per heavy atom. The second kappa shape index (κ2) is 4.12. The van der Waals surface area contributed by atoms with Crippen LogP contribution in [0.3, 0.4) is 0 Å². The molecule has 0 bridgehead atoms. The van der Waals surface area contributed by atoms with Crippen LogP contribution in [0.1, 0.15) is 5.56 Å². The standard InChI is InChI=1S/C9H8ClFO/c1-12-8-4-2-7(3-5-8)6-9(10)11/h2-6H,1H3. The number of rotatable bonds is 2. The lowest BCUT2D eigenvalue weighted by atomic mass is 10.2. The monoisotopic (exact) mass is 186 g/mol. The molecule has 1 aromatic rings. The fraction of sp³-hybridized carbons (Fsp3) is 0.111. The van der Waals surface area contributed by atoms with Gasteiger partial charge in [0, 0.05) is 0 Å². The summed E-state index contributed by atoms with van der Waals surface area (Å²) in [5.74, 6) is 0.738. The first-order valence-corrected chi connectivity index (χ1v) is 3.77. The third-order valence-corrected chi connectivity index (χ3v) is 1.50. The zero-order valence-electron chi connectivity index (χ0n) is 6.55. The van der Waals surface area contributed by atoms with Crippen molar-refractivity contribution in [3.8, 4) is 5.75 Å². The maximum atomic E-state index is 12.2. The highest BCUT2D eigenvalue weighted by Crippen LogP contribution is 2.15. The Kier molecular flexibility index (Phi) is 3.11. The van der Waals surface area contributed by atoms with Gasteiger partial charge in [0.2, 0.25) is 0 Å². The van der Waals surface area contributed by atoms with Gasteiger partial charge in [0.15, 0.2) is 5.29 Å². The van der Waals surface area contributed by atoms with Gasteiger partial charge in [-0.05, 0) is 23.8 Å². The fourth-order valence-electron chi connectivity index (χ4n) is 0.826. The number of ether oxygens (including phenoxy) is 1. The van der Waals surface area contributed by atoms with Crippen LogP contribution in [0.25, 0.3) is 6.08 Å². The van der Waals surface area contributed by atoms with Crippen LogP contribution in [0, 0.1) is 0 Å². The van der Waals surface area contributed by atoms with E-state index in [2.05, 4.69) is 0 Å². The van der Waals surface area contributed by atoms with Crippen molar-refractivity contribution in [2.45, 2.75) is 0 Å². The van der Waals surface area contributed by atoms with E-state index >= 15 is 0 Å². The van der Waals surface area contributed by atoms with Crippen LogP contribution in [0.4, 0.5) is 4.39 Å². The highest BCUT2D eigenvalue weighted by Gasteiger charge is 1.92. The number of methoxy groups -OCH3 is 1. The number of hydrogen-bond acceptors (Lipinski definition) is 1. The van der Waals surface area contributed by atoms with Gasteiger partial charge < -0.3 is 4.74 Å². The number of hydrogen-bond donors (Lipinski definition) is 0. The summed E-state index contributed by atoms with van der Waals surface area (Å²) in [7, 11) is 1.58. The lowest BCUT2D eigenvalue weighted by Crippen LogP contribution is -1.81.